The lowest BCUT2D eigenvalue weighted by Gasteiger charge is -2.19. The monoisotopic (exact) mass is 236 g/mol. The fourth-order valence-corrected chi connectivity index (χ4v) is 2.21. The van der Waals surface area contributed by atoms with Crippen molar-refractivity contribution in [2.24, 2.45) is 0 Å². The van der Waals surface area contributed by atoms with Crippen molar-refractivity contribution < 1.29 is 0 Å². The summed E-state index contributed by atoms with van der Waals surface area (Å²) in [6.07, 6.45) is 8.09. The van der Waals surface area contributed by atoms with E-state index in [1.807, 2.05) is 0 Å². The lowest BCUT2D eigenvalue weighted by molar-refractivity contribution is 0.550. The molecule has 0 aliphatic carbocycles. The number of nitrogens with one attached hydrogen (secondary N) is 1. The smallest absolute Gasteiger partial charge is 0.0396 e. The summed E-state index contributed by atoms with van der Waals surface area (Å²) in [4.78, 5) is 0. The number of hydrogen-bond acceptors (Lipinski definition) is 1. The van der Waals surface area contributed by atoms with Crippen LogP contribution < -0.4 is 5.43 Å². The van der Waals surface area contributed by atoms with E-state index in [9.17, 15) is 0 Å². The lowest BCUT2D eigenvalue weighted by Crippen LogP contribution is -2.26. The molecule has 1 rings (SSSR count). The van der Waals surface area contributed by atoms with Gasteiger partial charge in [-0.25, -0.2) is 0 Å². The van der Waals surface area contributed by atoms with Gasteiger partial charge in [-0.3, -0.25) is 4.68 Å². The topological polar surface area (TPSA) is 17.0 Å². The zero-order valence-corrected chi connectivity index (χ0v) is 11.9. The highest BCUT2D eigenvalue weighted by molar-refractivity contribution is 5.15. The Bertz CT molecular complexity index is 295. The van der Waals surface area contributed by atoms with Gasteiger partial charge in [0.15, 0.2) is 0 Å². The van der Waals surface area contributed by atoms with Gasteiger partial charge in [-0.1, -0.05) is 39.0 Å². The van der Waals surface area contributed by atoms with E-state index in [-0.39, 0.29) is 0 Å². The fraction of sp³-hybridized carbons (Fsp3) is 0.733. The minimum absolute atomic E-state index is 0.557. The highest BCUT2D eigenvalue weighted by atomic mass is 15.4. The normalized spacial score (nSPS) is 12.7. The van der Waals surface area contributed by atoms with Crippen molar-refractivity contribution >= 4 is 0 Å². The number of aryl methyl sites for hydroxylation is 2. The van der Waals surface area contributed by atoms with Gasteiger partial charge in [0.1, 0.15) is 0 Å². The van der Waals surface area contributed by atoms with Gasteiger partial charge in [0, 0.05) is 17.4 Å². The van der Waals surface area contributed by atoms with Gasteiger partial charge in [-0.05, 0) is 39.3 Å². The van der Waals surface area contributed by atoms with Gasteiger partial charge in [0.2, 0.25) is 0 Å². The predicted molar refractivity (Wildman–Crippen MR) is 76.1 cm³/mol. The second-order valence-electron chi connectivity index (χ2n) is 5.18. The van der Waals surface area contributed by atoms with Gasteiger partial charge in [0.05, 0.1) is 0 Å². The van der Waals surface area contributed by atoms with Crippen molar-refractivity contribution in [3.05, 3.63) is 23.5 Å². The predicted octanol–water partition coefficient (Wildman–Crippen LogP) is 4.40. The molecule has 0 aliphatic heterocycles. The molecule has 0 fully saturated rings. The highest BCUT2D eigenvalue weighted by Crippen LogP contribution is 2.10. The molecule has 0 spiro atoms. The molecule has 0 aliphatic rings. The number of hydrogen-bond donors (Lipinski definition) is 1. The van der Waals surface area contributed by atoms with Crippen LogP contribution >= 0.6 is 0 Å². The van der Waals surface area contributed by atoms with Crippen molar-refractivity contribution in [2.45, 2.75) is 72.3 Å². The number of nitrogens with zero attached hydrogens (tertiary/aromatic N) is 1. The molecule has 1 aromatic rings. The van der Waals surface area contributed by atoms with E-state index in [1.165, 1.54) is 49.9 Å². The summed E-state index contributed by atoms with van der Waals surface area (Å²) in [6.45, 7) is 8.84. The average Bonchev–Trinajstić information content (AvgIpc) is 2.60. The van der Waals surface area contributed by atoms with Gasteiger partial charge in [-0.2, -0.15) is 0 Å². The number of rotatable bonds is 8. The first-order valence-corrected chi connectivity index (χ1v) is 7.06. The molecule has 0 radical (unpaired) electrons. The van der Waals surface area contributed by atoms with E-state index in [1.54, 1.807) is 0 Å². The average molecular weight is 236 g/mol. The van der Waals surface area contributed by atoms with Crippen molar-refractivity contribution in [1.82, 2.24) is 4.68 Å². The van der Waals surface area contributed by atoms with Crippen molar-refractivity contribution in [3.8, 4) is 0 Å². The van der Waals surface area contributed by atoms with Gasteiger partial charge in [0.25, 0.3) is 0 Å². The Morgan fingerprint density at radius 3 is 2.24 bits per heavy atom. The van der Waals surface area contributed by atoms with Crippen LogP contribution in [0.2, 0.25) is 0 Å². The summed E-state index contributed by atoms with van der Waals surface area (Å²) in [7, 11) is 0. The molecule has 98 valence electrons. The first kappa shape index (κ1) is 14.1. The minimum atomic E-state index is 0.557. The summed E-state index contributed by atoms with van der Waals surface area (Å²) in [6, 6.07) is 4.88. The van der Waals surface area contributed by atoms with Crippen molar-refractivity contribution in [1.29, 1.82) is 0 Å². The lowest BCUT2D eigenvalue weighted by atomic mass is 10.1. The molecule has 1 aromatic heterocycles. The van der Waals surface area contributed by atoms with Crippen molar-refractivity contribution in [3.63, 3.8) is 0 Å². The molecule has 0 saturated heterocycles. The second kappa shape index (κ2) is 7.41. The molecule has 2 nitrogen and oxygen atoms in total. The Morgan fingerprint density at radius 2 is 1.65 bits per heavy atom. The van der Waals surface area contributed by atoms with E-state index < -0.39 is 0 Å². The summed E-state index contributed by atoms with van der Waals surface area (Å²) in [5.41, 5.74) is 6.15. The molecule has 1 heterocycles. The van der Waals surface area contributed by atoms with E-state index in [4.69, 9.17) is 0 Å². The number of aromatic nitrogens is 1. The quantitative estimate of drug-likeness (QED) is 0.662. The molecule has 1 unspecified atom stereocenters. The maximum absolute atomic E-state index is 3.57. The Morgan fingerprint density at radius 1 is 1.06 bits per heavy atom. The second-order valence-corrected chi connectivity index (χ2v) is 5.18. The van der Waals surface area contributed by atoms with E-state index >= 15 is 0 Å². The Balaban J connectivity index is 2.23. The van der Waals surface area contributed by atoms with Crippen molar-refractivity contribution in [2.75, 3.05) is 5.43 Å². The van der Waals surface area contributed by atoms with E-state index in [0.29, 0.717) is 6.04 Å². The minimum Gasteiger partial charge on any atom is -0.323 e. The maximum atomic E-state index is 3.57. The largest absolute Gasteiger partial charge is 0.323 e. The highest BCUT2D eigenvalue weighted by Gasteiger charge is 2.05. The standard InChI is InChI=1S/C15H28N2/c1-5-6-7-8-9-10-13(2)16-17-14(3)11-12-15(17)4/h11-13,16H,5-10H2,1-4H3. The van der Waals surface area contributed by atoms with E-state index in [2.05, 4.69) is 49.9 Å². The molecular formula is C15H28N2. The summed E-state index contributed by atoms with van der Waals surface area (Å²) < 4.78 is 2.21. The number of unbranched alkanes of at least 4 members (excludes halogenated alkanes) is 4. The Labute approximate surface area is 106 Å². The zero-order chi connectivity index (χ0) is 12.7. The summed E-state index contributed by atoms with van der Waals surface area (Å²) in [5.74, 6) is 0. The van der Waals surface area contributed by atoms with Crippen LogP contribution in [0.25, 0.3) is 0 Å². The molecule has 0 amide bonds. The van der Waals surface area contributed by atoms with Gasteiger partial charge >= 0.3 is 0 Å². The van der Waals surface area contributed by atoms with Gasteiger partial charge in [-0.15, -0.1) is 0 Å². The third kappa shape index (κ3) is 4.84. The first-order valence-electron chi connectivity index (χ1n) is 7.06. The van der Waals surface area contributed by atoms with Crippen LogP contribution in [0.15, 0.2) is 12.1 Å². The fourth-order valence-electron chi connectivity index (χ4n) is 2.21. The molecular weight excluding hydrogens is 208 g/mol. The third-order valence-electron chi connectivity index (χ3n) is 3.36. The zero-order valence-electron chi connectivity index (χ0n) is 11.9. The molecule has 0 saturated carbocycles. The molecule has 0 aromatic carbocycles. The van der Waals surface area contributed by atoms with Crippen LogP contribution in [0.5, 0.6) is 0 Å². The van der Waals surface area contributed by atoms with Crippen LogP contribution in [0, 0.1) is 13.8 Å². The maximum Gasteiger partial charge on any atom is 0.0396 e. The molecule has 1 N–H and O–H groups in total. The molecule has 1 atom stereocenters. The molecule has 0 bridgehead atoms. The van der Waals surface area contributed by atoms with Gasteiger partial charge < -0.3 is 5.43 Å². The summed E-state index contributed by atoms with van der Waals surface area (Å²) in [5, 5.41) is 0. The van der Waals surface area contributed by atoms with Crippen LogP contribution in [0.3, 0.4) is 0 Å². The SMILES string of the molecule is CCCCCCCC(C)Nn1c(C)ccc1C. The van der Waals surface area contributed by atoms with Crippen LogP contribution in [-0.2, 0) is 0 Å². The first-order chi connectivity index (χ1) is 8.15. The Hall–Kier alpha value is -0.920. The van der Waals surface area contributed by atoms with Crippen LogP contribution in [0.1, 0.15) is 63.8 Å². The van der Waals surface area contributed by atoms with E-state index in [0.717, 1.165) is 0 Å². The molecule has 2 heteroatoms. The Kier molecular flexibility index (Phi) is 6.17. The summed E-state index contributed by atoms with van der Waals surface area (Å²) >= 11 is 0. The van der Waals surface area contributed by atoms with Crippen LogP contribution in [-0.4, -0.2) is 10.7 Å². The van der Waals surface area contributed by atoms with Crippen LogP contribution in [0.4, 0.5) is 0 Å². The third-order valence-corrected chi connectivity index (χ3v) is 3.36. The molecule has 17 heavy (non-hydrogen) atoms.